The molecular formula is C22H23N3O3S. The second-order valence-corrected chi connectivity index (χ2v) is 8.43. The molecule has 2 heterocycles. The van der Waals surface area contributed by atoms with Crippen molar-refractivity contribution in [1.82, 2.24) is 15.6 Å². The molecule has 0 bridgehead atoms. The van der Waals surface area contributed by atoms with Crippen molar-refractivity contribution in [1.29, 1.82) is 0 Å². The van der Waals surface area contributed by atoms with Crippen molar-refractivity contribution in [3.05, 3.63) is 47.5 Å². The molecule has 0 spiro atoms. The first-order valence-corrected chi connectivity index (χ1v) is 10.4. The van der Waals surface area contributed by atoms with E-state index >= 15 is 0 Å². The molecule has 1 unspecified atom stereocenters. The van der Waals surface area contributed by atoms with Crippen molar-refractivity contribution < 1.29 is 14.3 Å². The number of nitrogens with zero attached hydrogens (tertiary/aromatic N) is 1. The third-order valence-electron chi connectivity index (χ3n) is 4.88. The Hall–Kier alpha value is -2.93. The molecule has 0 saturated heterocycles. The van der Waals surface area contributed by atoms with Gasteiger partial charge in [-0.1, -0.05) is 18.2 Å². The first-order valence-electron chi connectivity index (χ1n) is 9.61. The number of hydrogen-bond acceptors (Lipinski definition) is 5. The molecule has 7 heteroatoms. The maximum atomic E-state index is 12.2. The van der Waals surface area contributed by atoms with Crippen molar-refractivity contribution in [3.8, 4) is 16.3 Å². The normalized spacial score (nSPS) is 16.2. The molecule has 2 N–H and O–H groups in total. The third kappa shape index (κ3) is 4.10. The average Bonchev–Trinajstić information content (AvgIpc) is 3.28. The number of aromatic nitrogens is 1. The van der Waals surface area contributed by atoms with E-state index in [9.17, 15) is 9.59 Å². The number of aryl methyl sites for hydroxylation is 1. The Morgan fingerprint density at radius 2 is 2.10 bits per heavy atom. The lowest BCUT2D eigenvalue weighted by atomic mass is 10.0. The highest BCUT2D eigenvalue weighted by Crippen LogP contribution is 2.42. The number of benzene rings is 2. The molecule has 29 heavy (non-hydrogen) atoms. The summed E-state index contributed by atoms with van der Waals surface area (Å²) in [5.74, 6) is 0.402. The zero-order valence-corrected chi connectivity index (χ0v) is 17.4. The van der Waals surface area contributed by atoms with E-state index in [4.69, 9.17) is 9.72 Å². The van der Waals surface area contributed by atoms with Crippen LogP contribution in [-0.4, -0.2) is 35.5 Å². The zero-order chi connectivity index (χ0) is 20.5. The van der Waals surface area contributed by atoms with Gasteiger partial charge in [0.1, 0.15) is 22.9 Å². The number of amides is 2. The van der Waals surface area contributed by atoms with Crippen molar-refractivity contribution in [2.75, 3.05) is 6.54 Å². The van der Waals surface area contributed by atoms with E-state index < -0.39 is 6.04 Å². The van der Waals surface area contributed by atoms with Crippen LogP contribution in [0.5, 0.6) is 5.75 Å². The van der Waals surface area contributed by atoms with Gasteiger partial charge in [-0.15, -0.1) is 11.3 Å². The van der Waals surface area contributed by atoms with Gasteiger partial charge in [-0.25, -0.2) is 4.98 Å². The number of ether oxygens (including phenoxy) is 1. The Labute approximate surface area is 173 Å². The Balaban J connectivity index is 1.52. The van der Waals surface area contributed by atoms with Crippen LogP contribution in [0.2, 0.25) is 0 Å². The predicted octanol–water partition coefficient (Wildman–Crippen LogP) is 3.22. The molecule has 0 radical (unpaired) electrons. The van der Waals surface area contributed by atoms with E-state index in [0.717, 1.165) is 44.1 Å². The van der Waals surface area contributed by atoms with Gasteiger partial charge in [0.15, 0.2) is 0 Å². The molecule has 2 amide bonds. The van der Waals surface area contributed by atoms with E-state index in [0.29, 0.717) is 6.54 Å². The lowest BCUT2D eigenvalue weighted by molar-refractivity contribution is -0.127. The Morgan fingerprint density at radius 3 is 2.86 bits per heavy atom. The van der Waals surface area contributed by atoms with Gasteiger partial charge >= 0.3 is 0 Å². The summed E-state index contributed by atoms with van der Waals surface area (Å²) in [5, 5.41) is 6.40. The van der Waals surface area contributed by atoms with Crippen molar-refractivity contribution in [3.63, 3.8) is 0 Å². The summed E-state index contributed by atoms with van der Waals surface area (Å²) >= 11 is 1.65. The fourth-order valence-corrected chi connectivity index (χ4v) is 4.57. The summed E-state index contributed by atoms with van der Waals surface area (Å²) in [6.07, 6.45) is 0.581. The molecule has 2 aromatic carbocycles. The highest BCUT2D eigenvalue weighted by Gasteiger charge is 2.28. The maximum Gasteiger partial charge on any atom is 0.242 e. The number of nitrogens with one attached hydrogen (secondary N) is 2. The number of carbonyl (C=O) groups is 2. The van der Waals surface area contributed by atoms with Crippen molar-refractivity contribution in [2.24, 2.45) is 0 Å². The van der Waals surface area contributed by atoms with Gasteiger partial charge in [0.05, 0.1) is 22.3 Å². The van der Waals surface area contributed by atoms with Gasteiger partial charge in [0, 0.05) is 13.3 Å². The van der Waals surface area contributed by atoms with E-state index in [1.807, 2.05) is 18.2 Å². The number of thiazole rings is 1. The lowest BCUT2D eigenvalue weighted by Crippen LogP contribution is -2.46. The highest BCUT2D eigenvalue weighted by atomic mass is 32.1. The summed E-state index contributed by atoms with van der Waals surface area (Å²) < 4.78 is 7.36. The summed E-state index contributed by atoms with van der Waals surface area (Å²) in [5.41, 5.74) is 4.28. The lowest BCUT2D eigenvalue weighted by Gasteiger charge is -2.16. The van der Waals surface area contributed by atoms with Gasteiger partial charge in [-0.05, 0) is 43.2 Å². The fraction of sp³-hybridized carbons (Fsp3) is 0.318. The molecule has 0 fully saturated rings. The SMILES string of the molecule is CC(=O)N[C@@H](C)C(=O)NCC1Cc2cc(C)cc(-c3nc4ccccc4s3)c2O1. The van der Waals surface area contributed by atoms with Gasteiger partial charge in [-0.2, -0.15) is 0 Å². The first-order chi connectivity index (χ1) is 13.9. The number of hydrogen-bond donors (Lipinski definition) is 2. The van der Waals surface area contributed by atoms with Crippen LogP contribution in [0.3, 0.4) is 0 Å². The number of para-hydroxylation sites is 1. The second-order valence-electron chi connectivity index (χ2n) is 7.40. The minimum absolute atomic E-state index is 0.145. The molecule has 1 aliphatic heterocycles. The predicted molar refractivity (Wildman–Crippen MR) is 114 cm³/mol. The smallest absolute Gasteiger partial charge is 0.242 e. The maximum absolute atomic E-state index is 12.2. The molecule has 0 saturated carbocycles. The van der Waals surface area contributed by atoms with Crippen LogP contribution in [0.1, 0.15) is 25.0 Å². The fourth-order valence-electron chi connectivity index (χ4n) is 3.59. The van der Waals surface area contributed by atoms with Crippen LogP contribution < -0.4 is 15.4 Å². The topological polar surface area (TPSA) is 80.3 Å². The van der Waals surface area contributed by atoms with Crippen LogP contribution >= 0.6 is 11.3 Å². The summed E-state index contributed by atoms with van der Waals surface area (Å²) in [6, 6.07) is 11.8. The van der Waals surface area contributed by atoms with E-state index in [1.54, 1.807) is 18.3 Å². The molecule has 2 atom stereocenters. The molecule has 6 nitrogen and oxygen atoms in total. The molecule has 1 aliphatic rings. The van der Waals surface area contributed by atoms with Gasteiger partial charge in [0.2, 0.25) is 11.8 Å². The van der Waals surface area contributed by atoms with Gasteiger partial charge < -0.3 is 15.4 Å². The van der Waals surface area contributed by atoms with Crippen LogP contribution in [0.4, 0.5) is 0 Å². The highest BCUT2D eigenvalue weighted by molar-refractivity contribution is 7.21. The Morgan fingerprint density at radius 1 is 1.31 bits per heavy atom. The summed E-state index contributed by atoms with van der Waals surface area (Å²) in [4.78, 5) is 28.1. The van der Waals surface area contributed by atoms with Crippen LogP contribution in [0.15, 0.2) is 36.4 Å². The Bertz CT molecular complexity index is 1060. The van der Waals surface area contributed by atoms with Crippen molar-refractivity contribution >= 4 is 33.4 Å². The summed E-state index contributed by atoms with van der Waals surface area (Å²) in [7, 11) is 0. The first kappa shape index (κ1) is 19.4. The average molecular weight is 410 g/mol. The standard InChI is InChI=1S/C22H23N3O3S/c1-12-8-15-10-16(11-23-21(27)13(2)24-14(3)26)28-20(15)17(9-12)22-25-18-6-4-5-7-19(18)29-22/h4-9,13,16H,10-11H2,1-3H3,(H,23,27)(H,24,26)/t13-,16?/m0/s1. The van der Waals surface area contributed by atoms with Crippen molar-refractivity contribution in [2.45, 2.75) is 39.3 Å². The minimum atomic E-state index is -0.572. The molecule has 3 aromatic rings. The monoisotopic (exact) mass is 409 g/mol. The molecule has 1 aromatic heterocycles. The quantitative estimate of drug-likeness (QED) is 0.678. The van der Waals surface area contributed by atoms with Gasteiger partial charge in [0.25, 0.3) is 0 Å². The minimum Gasteiger partial charge on any atom is -0.487 e. The molecule has 0 aliphatic carbocycles. The van der Waals surface area contributed by atoms with E-state index in [2.05, 4.69) is 35.8 Å². The van der Waals surface area contributed by atoms with Gasteiger partial charge in [-0.3, -0.25) is 9.59 Å². The van der Waals surface area contributed by atoms with E-state index in [1.165, 1.54) is 6.92 Å². The van der Waals surface area contributed by atoms with E-state index in [-0.39, 0.29) is 17.9 Å². The Kier molecular flexibility index (Phi) is 5.24. The second kappa shape index (κ2) is 7.83. The molecule has 150 valence electrons. The van der Waals surface area contributed by atoms with Crippen LogP contribution in [-0.2, 0) is 16.0 Å². The third-order valence-corrected chi connectivity index (χ3v) is 5.95. The molecule has 4 rings (SSSR count). The molecular weight excluding hydrogens is 386 g/mol. The number of fused-ring (bicyclic) bond motifs is 2. The zero-order valence-electron chi connectivity index (χ0n) is 16.6. The van der Waals surface area contributed by atoms with Crippen LogP contribution in [0, 0.1) is 6.92 Å². The van der Waals surface area contributed by atoms with Crippen LogP contribution in [0.25, 0.3) is 20.8 Å². The largest absolute Gasteiger partial charge is 0.487 e. The summed E-state index contributed by atoms with van der Waals surface area (Å²) in [6.45, 7) is 5.51. The number of carbonyl (C=O) groups excluding carboxylic acids is 2. The number of rotatable bonds is 5.